The van der Waals surface area contributed by atoms with E-state index >= 15 is 0 Å². The van der Waals surface area contributed by atoms with Gasteiger partial charge in [0.2, 0.25) is 0 Å². The number of hydrogen-bond acceptors (Lipinski definition) is 1. The van der Waals surface area contributed by atoms with Crippen LogP contribution in [0.1, 0.15) is 36.3 Å². The highest BCUT2D eigenvalue weighted by Crippen LogP contribution is 2.45. The van der Waals surface area contributed by atoms with E-state index in [2.05, 4.69) is 228 Å². The van der Waals surface area contributed by atoms with Crippen molar-refractivity contribution in [3.05, 3.63) is 230 Å². The molecule has 0 radical (unpaired) electrons. The van der Waals surface area contributed by atoms with Crippen molar-refractivity contribution in [3.63, 3.8) is 0 Å². The van der Waals surface area contributed by atoms with Gasteiger partial charge in [-0.3, -0.25) is 0 Å². The second kappa shape index (κ2) is 15.3. The molecule has 3 heteroatoms. The maximum absolute atomic E-state index is 6.47. The largest absolute Gasteiger partial charge is 0.456 e. The molecule has 0 N–H and O–H groups in total. The van der Waals surface area contributed by atoms with E-state index < -0.39 is 0 Å². The van der Waals surface area contributed by atoms with E-state index in [1.54, 1.807) is 0 Å². The summed E-state index contributed by atoms with van der Waals surface area (Å²) in [6.07, 6.45) is 3.85. The molecule has 0 amide bonds. The topological polar surface area (TPSA) is 23.0 Å². The third-order valence-electron chi connectivity index (χ3n) is 14.9. The number of aromatic nitrogens is 2. The van der Waals surface area contributed by atoms with E-state index in [9.17, 15) is 0 Å². The smallest absolute Gasteiger partial charge is 0.136 e. The third-order valence-corrected chi connectivity index (χ3v) is 14.9. The number of fused-ring (bicyclic) bond motifs is 9. The predicted octanol–water partition coefficient (Wildman–Crippen LogP) is 18.0. The van der Waals surface area contributed by atoms with Gasteiger partial charge in [0.1, 0.15) is 11.2 Å². The van der Waals surface area contributed by atoms with Crippen LogP contribution in [0.3, 0.4) is 0 Å². The molecule has 0 aliphatic heterocycles. The van der Waals surface area contributed by atoms with Gasteiger partial charge >= 0.3 is 0 Å². The minimum absolute atomic E-state index is 0.628. The summed E-state index contributed by atoms with van der Waals surface area (Å²) >= 11 is 0. The van der Waals surface area contributed by atoms with Crippen molar-refractivity contribution in [2.75, 3.05) is 0 Å². The number of rotatable bonds is 7. The average molecular weight is 871 g/mol. The molecule has 322 valence electrons. The SMILES string of the molecule is Cc1cc2c3ccccc3n(-c3cc(-c4ccccc4)cc(-c4cc(-c5ccccc5)cc(-n5c6ccccc6c6cc7oc8ccccc8c7cc65)c4)c3)c2cc1-c1ccccc1C1CCC1. The molecule has 0 bridgehead atoms. The molecule has 0 spiro atoms. The fraction of sp³-hybridized carbons (Fsp3) is 0.0769. The Bertz CT molecular complexity index is 4130. The van der Waals surface area contributed by atoms with E-state index in [1.165, 1.54) is 90.8 Å². The van der Waals surface area contributed by atoms with Gasteiger partial charge in [-0.1, -0.05) is 146 Å². The number of para-hydroxylation sites is 3. The van der Waals surface area contributed by atoms with Crippen LogP contribution >= 0.6 is 0 Å². The van der Waals surface area contributed by atoms with Crippen LogP contribution in [0, 0.1) is 6.92 Å². The third kappa shape index (κ3) is 6.12. The van der Waals surface area contributed by atoms with Crippen molar-refractivity contribution < 1.29 is 4.42 Å². The van der Waals surface area contributed by atoms with Crippen LogP contribution in [-0.4, -0.2) is 9.13 Å². The Balaban J connectivity index is 1.04. The van der Waals surface area contributed by atoms with Gasteiger partial charge in [-0.2, -0.15) is 0 Å². The van der Waals surface area contributed by atoms with Gasteiger partial charge < -0.3 is 13.6 Å². The Hall–Kier alpha value is -8.40. The van der Waals surface area contributed by atoms with Crippen LogP contribution in [0.2, 0.25) is 0 Å². The molecule has 0 atom stereocenters. The second-order valence-corrected chi connectivity index (χ2v) is 18.8. The highest BCUT2D eigenvalue weighted by atomic mass is 16.3. The zero-order chi connectivity index (χ0) is 44.9. The van der Waals surface area contributed by atoms with Gasteiger partial charge in [-0.05, 0) is 160 Å². The van der Waals surface area contributed by atoms with Gasteiger partial charge in [-0.15, -0.1) is 0 Å². The molecular formula is C65H46N2O. The summed E-state index contributed by atoms with van der Waals surface area (Å²) in [5.74, 6) is 0.628. The molecule has 3 aromatic heterocycles. The molecule has 68 heavy (non-hydrogen) atoms. The normalized spacial score (nSPS) is 13.1. The van der Waals surface area contributed by atoms with Crippen LogP contribution in [0.4, 0.5) is 0 Å². The Morgan fingerprint density at radius 2 is 0.853 bits per heavy atom. The lowest BCUT2D eigenvalue weighted by Gasteiger charge is -2.28. The molecule has 13 aromatic rings. The highest BCUT2D eigenvalue weighted by Gasteiger charge is 2.25. The van der Waals surface area contributed by atoms with Crippen LogP contribution in [-0.2, 0) is 0 Å². The maximum atomic E-state index is 6.47. The van der Waals surface area contributed by atoms with Gasteiger partial charge in [0.15, 0.2) is 0 Å². The lowest BCUT2D eigenvalue weighted by atomic mass is 9.77. The summed E-state index contributed by atoms with van der Waals surface area (Å²) in [6, 6.07) is 80.8. The number of nitrogens with zero attached hydrogens (tertiary/aromatic N) is 2. The molecule has 1 aliphatic carbocycles. The second-order valence-electron chi connectivity index (χ2n) is 18.8. The van der Waals surface area contributed by atoms with E-state index in [0.717, 1.165) is 61.0 Å². The van der Waals surface area contributed by atoms with Crippen molar-refractivity contribution in [1.29, 1.82) is 0 Å². The first-order chi connectivity index (χ1) is 33.6. The molecule has 0 saturated heterocycles. The molecule has 14 rings (SSSR count). The summed E-state index contributed by atoms with van der Waals surface area (Å²) in [5.41, 5.74) is 21.2. The summed E-state index contributed by atoms with van der Waals surface area (Å²) < 4.78 is 11.4. The van der Waals surface area contributed by atoms with Crippen molar-refractivity contribution in [2.24, 2.45) is 0 Å². The number of aryl methyl sites for hydroxylation is 1. The monoisotopic (exact) mass is 870 g/mol. The zero-order valence-electron chi connectivity index (χ0n) is 37.8. The predicted molar refractivity (Wildman–Crippen MR) is 285 cm³/mol. The molecule has 3 heterocycles. The fourth-order valence-electron chi connectivity index (χ4n) is 11.4. The van der Waals surface area contributed by atoms with E-state index in [0.29, 0.717) is 5.92 Å². The van der Waals surface area contributed by atoms with Gasteiger partial charge in [-0.25, -0.2) is 0 Å². The first-order valence-electron chi connectivity index (χ1n) is 24.0. The molecule has 3 nitrogen and oxygen atoms in total. The lowest BCUT2D eigenvalue weighted by molar-refractivity contribution is 0.420. The van der Waals surface area contributed by atoms with Gasteiger partial charge in [0.05, 0.1) is 22.1 Å². The summed E-state index contributed by atoms with van der Waals surface area (Å²) in [4.78, 5) is 0. The van der Waals surface area contributed by atoms with Gasteiger partial charge in [0.25, 0.3) is 0 Å². The van der Waals surface area contributed by atoms with E-state index in [1.807, 2.05) is 6.07 Å². The zero-order valence-corrected chi connectivity index (χ0v) is 37.8. The molecule has 1 fully saturated rings. The minimum atomic E-state index is 0.628. The summed E-state index contributed by atoms with van der Waals surface area (Å²) in [6.45, 7) is 2.29. The van der Waals surface area contributed by atoms with E-state index in [-0.39, 0.29) is 0 Å². The first kappa shape index (κ1) is 38.8. The van der Waals surface area contributed by atoms with Crippen molar-refractivity contribution in [2.45, 2.75) is 32.1 Å². The van der Waals surface area contributed by atoms with Crippen molar-refractivity contribution in [1.82, 2.24) is 9.13 Å². The molecule has 10 aromatic carbocycles. The van der Waals surface area contributed by atoms with Crippen LogP contribution < -0.4 is 0 Å². The van der Waals surface area contributed by atoms with Crippen molar-refractivity contribution in [3.8, 4) is 55.9 Å². The van der Waals surface area contributed by atoms with Crippen molar-refractivity contribution >= 4 is 65.6 Å². The Kier molecular flexibility index (Phi) is 8.76. The Morgan fingerprint density at radius 1 is 0.353 bits per heavy atom. The standard InChI is InChI=1S/C65H46N2O/c1-41-31-57-53-25-10-13-28-60(53)66(62(57)38-56(41)52-24-9-8-23-51(52)44-21-16-22-44)49-34-45(42-17-4-2-5-18-42)32-47(36-49)48-33-46(43-19-6-3-7-20-43)35-50(37-48)67-61-29-14-11-26-54(61)58-40-65-59(39-63(58)67)55-27-12-15-30-64(55)68-65/h2-15,17-20,23-40,44H,16,21-22H2,1H3. The Morgan fingerprint density at radius 3 is 1.46 bits per heavy atom. The fourth-order valence-corrected chi connectivity index (χ4v) is 11.4. The van der Waals surface area contributed by atoms with Gasteiger partial charge in [0, 0.05) is 43.7 Å². The lowest BCUT2D eigenvalue weighted by Crippen LogP contribution is -2.10. The quantitative estimate of drug-likeness (QED) is 0.156. The molecule has 1 aliphatic rings. The molecular weight excluding hydrogens is 825 g/mol. The number of furan rings is 1. The van der Waals surface area contributed by atoms with Crippen LogP contribution in [0.15, 0.2) is 223 Å². The van der Waals surface area contributed by atoms with Crippen LogP contribution in [0.5, 0.6) is 0 Å². The van der Waals surface area contributed by atoms with E-state index in [4.69, 9.17) is 4.42 Å². The maximum Gasteiger partial charge on any atom is 0.136 e. The summed E-state index contributed by atoms with van der Waals surface area (Å²) in [7, 11) is 0. The Labute approximate surface area is 394 Å². The first-order valence-corrected chi connectivity index (χ1v) is 24.0. The summed E-state index contributed by atoms with van der Waals surface area (Å²) in [5, 5.41) is 7.14. The number of hydrogen-bond donors (Lipinski definition) is 0. The highest BCUT2D eigenvalue weighted by molar-refractivity contribution is 6.17. The average Bonchev–Trinajstić information content (AvgIpc) is 4.02. The number of benzene rings is 10. The minimum Gasteiger partial charge on any atom is -0.456 e. The molecule has 0 unspecified atom stereocenters. The molecule has 1 saturated carbocycles. The van der Waals surface area contributed by atoms with Crippen LogP contribution in [0.25, 0.3) is 121 Å².